The molecule has 2 atom stereocenters. The van der Waals surface area contributed by atoms with E-state index in [1.54, 1.807) is 0 Å². The summed E-state index contributed by atoms with van der Waals surface area (Å²) in [6, 6.07) is 0.303. The maximum atomic E-state index is 11.5. The second-order valence-electron chi connectivity index (χ2n) is 4.34. The Morgan fingerprint density at radius 3 is 2.36 bits per heavy atom. The summed E-state index contributed by atoms with van der Waals surface area (Å²) in [5.41, 5.74) is 5.78. The molecule has 3 heteroatoms. The van der Waals surface area contributed by atoms with E-state index < -0.39 is 10.8 Å². The molecule has 14 heavy (non-hydrogen) atoms. The normalized spacial score (nSPS) is 15.8. The zero-order valence-corrected chi connectivity index (χ0v) is 10.6. The van der Waals surface area contributed by atoms with Crippen molar-refractivity contribution in [1.82, 2.24) is 0 Å². The predicted octanol–water partition coefficient (Wildman–Crippen LogP) is 2.30. The van der Waals surface area contributed by atoms with E-state index in [9.17, 15) is 4.21 Å². The Morgan fingerprint density at radius 1 is 1.21 bits per heavy atom. The minimum Gasteiger partial charge on any atom is -0.328 e. The summed E-state index contributed by atoms with van der Waals surface area (Å²) < 4.78 is 11.5. The zero-order valence-electron chi connectivity index (χ0n) is 9.79. The Morgan fingerprint density at radius 2 is 1.86 bits per heavy atom. The fourth-order valence-corrected chi connectivity index (χ4v) is 2.61. The van der Waals surface area contributed by atoms with Crippen molar-refractivity contribution < 1.29 is 4.21 Å². The van der Waals surface area contributed by atoms with Crippen LogP contribution in [0, 0.1) is 5.92 Å². The maximum Gasteiger partial charge on any atom is 0.0237 e. The van der Waals surface area contributed by atoms with Crippen LogP contribution in [0.2, 0.25) is 0 Å². The molecule has 0 aliphatic rings. The molecule has 2 N–H and O–H groups in total. The zero-order chi connectivity index (χ0) is 11.0. The van der Waals surface area contributed by atoms with Gasteiger partial charge in [0, 0.05) is 28.3 Å². The summed E-state index contributed by atoms with van der Waals surface area (Å²) in [4.78, 5) is 0. The minimum absolute atomic E-state index is 0.303. The molecule has 0 saturated heterocycles. The van der Waals surface area contributed by atoms with E-state index in [1.807, 2.05) is 0 Å². The van der Waals surface area contributed by atoms with E-state index in [1.165, 1.54) is 0 Å². The van der Waals surface area contributed by atoms with Crippen LogP contribution in [0.15, 0.2) is 0 Å². The van der Waals surface area contributed by atoms with Gasteiger partial charge in [0.2, 0.25) is 0 Å². The van der Waals surface area contributed by atoms with E-state index in [2.05, 4.69) is 20.8 Å². The standard InChI is InChI=1S/C11H25NOS/c1-4-11(12)6-5-8-14(13)9-7-10(2)3/h10-11H,4-9,12H2,1-3H3. The smallest absolute Gasteiger partial charge is 0.0237 e. The molecule has 0 aliphatic carbocycles. The third kappa shape index (κ3) is 8.70. The van der Waals surface area contributed by atoms with Gasteiger partial charge in [-0.2, -0.15) is 0 Å². The van der Waals surface area contributed by atoms with Crippen LogP contribution >= 0.6 is 0 Å². The molecule has 0 rings (SSSR count). The van der Waals surface area contributed by atoms with Crippen LogP contribution in [0.25, 0.3) is 0 Å². The van der Waals surface area contributed by atoms with Gasteiger partial charge in [0.05, 0.1) is 0 Å². The van der Waals surface area contributed by atoms with Crippen LogP contribution in [0.4, 0.5) is 0 Å². The second kappa shape index (κ2) is 8.42. The molecular weight excluding hydrogens is 194 g/mol. The van der Waals surface area contributed by atoms with Gasteiger partial charge in [0.25, 0.3) is 0 Å². The molecule has 0 bridgehead atoms. The Balaban J connectivity index is 3.35. The first-order chi connectivity index (χ1) is 6.56. The summed E-state index contributed by atoms with van der Waals surface area (Å²) in [6.45, 7) is 6.44. The lowest BCUT2D eigenvalue weighted by Gasteiger charge is -2.08. The minimum atomic E-state index is -0.615. The molecular formula is C11H25NOS. The molecule has 2 nitrogen and oxygen atoms in total. The third-order valence-electron chi connectivity index (χ3n) is 2.39. The van der Waals surface area contributed by atoms with Crippen molar-refractivity contribution in [2.24, 2.45) is 11.7 Å². The molecule has 0 aromatic heterocycles. The molecule has 0 aromatic rings. The Bertz CT molecular complexity index is 159. The summed E-state index contributed by atoms with van der Waals surface area (Å²) in [5.74, 6) is 2.36. The SMILES string of the molecule is CCC(N)CCCS(=O)CCC(C)C. The molecule has 0 radical (unpaired) electrons. The van der Waals surface area contributed by atoms with Gasteiger partial charge in [0.15, 0.2) is 0 Å². The number of nitrogens with two attached hydrogens (primary N) is 1. The Labute approximate surface area is 91.1 Å². The molecule has 0 amide bonds. The average Bonchev–Trinajstić information content (AvgIpc) is 2.14. The van der Waals surface area contributed by atoms with Gasteiger partial charge in [-0.25, -0.2) is 0 Å². The molecule has 0 fully saturated rings. The molecule has 0 aromatic carbocycles. The largest absolute Gasteiger partial charge is 0.328 e. The number of rotatable bonds is 8. The molecule has 0 heterocycles. The van der Waals surface area contributed by atoms with Crippen LogP contribution in [0.5, 0.6) is 0 Å². The van der Waals surface area contributed by atoms with Crippen molar-refractivity contribution in [3.05, 3.63) is 0 Å². The topological polar surface area (TPSA) is 43.1 Å². The van der Waals surface area contributed by atoms with Gasteiger partial charge >= 0.3 is 0 Å². The van der Waals surface area contributed by atoms with Crippen molar-refractivity contribution in [3.63, 3.8) is 0 Å². The molecule has 86 valence electrons. The summed E-state index contributed by atoms with van der Waals surface area (Å²) in [6.07, 6.45) is 4.13. The quantitative estimate of drug-likeness (QED) is 0.680. The lowest BCUT2D eigenvalue weighted by molar-refractivity contribution is 0.583. The van der Waals surface area contributed by atoms with Gasteiger partial charge < -0.3 is 5.73 Å². The molecule has 0 saturated carbocycles. The van der Waals surface area contributed by atoms with Crippen molar-refractivity contribution in [1.29, 1.82) is 0 Å². The fourth-order valence-electron chi connectivity index (χ4n) is 1.18. The van der Waals surface area contributed by atoms with Crippen LogP contribution in [0.3, 0.4) is 0 Å². The monoisotopic (exact) mass is 219 g/mol. The van der Waals surface area contributed by atoms with Gasteiger partial charge in [-0.15, -0.1) is 0 Å². The fraction of sp³-hybridized carbons (Fsp3) is 1.00. The predicted molar refractivity (Wildman–Crippen MR) is 64.8 cm³/mol. The first kappa shape index (κ1) is 14.1. The molecule has 0 spiro atoms. The summed E-state index contributed by atoms with van der Waals surface area (Å²) >= 11 is 0. The number of hydrogen-bond acceptors (Lipinski definition) is 2. The number of hydrogen-bond donors (Lipinski definition) is 1. The van der Waals surface area contributed by atoms with Gasteiger partial charge in [-0.3, -0.25) is 4.21 Å². The van der Waals surface area contributed by atoms with E-state index in [4.69, 9.17) is 5.73 Å². The first-order valence-corrected chi connectivity index (χ1v) is 7.15. The van der Waals surface area contributed by atoms with Crippen molar-refractivity contribution >= 4 is 10.8 Å². The van der Waals surface area contributed by atoms with Crippen molar-refractivity contribution in [3.8, 4) is 0 Å². The highest BCUT2D eigenvalue weighted by Gasteiger charge is 2.04. The van der Waals surface area contributed by atoms with Crippen molar-refractivity contribution in [2.75, 3.05) is 11.5 Å². The van der Waals surface area contributed by atoms with Crippen molar-refractivity contribution in [2.45, 2.75) is 52.5 Å². The van der Waals surface area contributed by atoms with Crippen LogP contribution < -0.4 is 5.73 Å². The van der Waals surface area contributed by atoms with Crippen LogP contribution in [-0.2, 0) is 10.8 Å². The Hall–Kier alpha value is 0.110. The highest BCUT2D eigenvalue weighted by molar-refractivity contribution is 7.84. The van der Waals surface area contributed by atoms with Gasteiger partial charge in [-0.05, 0) is 31.6 Å². The van der Waals surface area contributed by atoms with E-state index in [0.717, 1.165) is 37.2 Å². The second-order valence-corrected chi connectivity index (χ2v) is 6.04. The van der Waals surface area contributed by atoms with E-state index in [0.29, 0.717) is 12.0 Å². The van der Waals surface area contributed by atoms with Crippen LogP contribution in [-0.4, -0.2) is 21.8 Å². The van der Waals surface area contributed by atoms with E-state index in [-0.39, 0.29) is 0 Å². The summed E-state index contributed by atoms with van der Waals surface area (Å²) in [5, 5.41) is 0. The highest BCUT2D eigenvalue weighted by atomic mass is 32.2. The first-order valence-electron chi connectivity index (χ1n) is 5.66. The highest BCUT2D eigenvalue weighted by Crippen LogP contribution is 2.04. The third-order valence-corrected chi connectivity index (χ3v) is 3.83. The van der Waals surface area contributed by atoms with Gasteiger partial charge in [0.1, 0.15) is 0 Å². The maximum absolute atomic E-state index is 11.5. The molecule has 2 unspecified atom stereocenters. The van der Waals surface area contributed by atoms with Crippen LogP contribution in [0.1, 0.15) is 46.5 Å². The average molecular weight is 219 g/mol. The lowest BCUT2D eigenvalue weighted by Crippen LogP contribution is -2.19. The lowest BCUT2D eigenvalue weighted by atomic mass is 10.1. The summed E-state index contributed by atoms with van der Waals surface area (Å²) in [7, 11) is -0.615. The van der Waals surface area contributed by atoms with Gasteiger partial charge in [-0.1, -0.05) is 20.8 Å². The molecule has 0 aliphatic heterocycles. The van der Waals surface area contributed by atoms with E-state index >= 15 is 0 Å². The Kier molecular flexibility index (Phi) is 8.49.